The minimum atomic E-state index is -0.152. The van der Waals surface area contributed by atoms with Gasteiger partial charge in [-0.05, 0) is 30.3 Å². The van der Waals surface area contributed by atoms with Gasteiger partial charge in [-0.3, -0.25) is 9.59 Å². The standard InChI is InChI=1S/C19H20N4O2/c1-3-18-22-16-9-4-5-10-17(16)23(18)12-19(25)21-15-8-6-7-14(11-15)20-13(2)24/h4-11H,3,12H2,1-2H3,(H,20,24)(H,21,25). The normalized spacial score (nSPS) is 10.6. The molecule has 128 valence electrons. The number of amides is 2. The summed E-state index contributed by atoms with van der Waals surface area (Å²) in [6, 6.07) is 14.9. The zero-order valence-corrected chi connectivity index (χ0v) is 14.2. The third-order valence-electron chi connectivity index (χ3n) is 3.82. The lowest BCUT2D eigenvalue weighted by molar-refractivity contribution is -0.116. The molecule has 0 unspecified atom stereocenters. The SMILES string of the molecule is CCc1nc2ccccc2n1CC(=O)Nc1cccc(NC(C)=O)c1. The first-order valence-corrected chi connectivity index (χ1v) is 8.18. The van der Waals surface area contributed by atoms with Gasteiger partial charge in [0.25, 0.3) is 0 Å². The van der Waals surface area contributed by atoms with Gasteiger partial charge in [-0.25, -0.2) is 4.98 Å². The zero-order chi connectivity index (χ0) is 17.8. The molecular formula is C19H20N4O2. The summed E-state index contributed by atoms with van der Waals surface area (Å²) in [5, 5.41) is 5.57. The number of fused-ring (bicyclic) bond motifs is 1. The summed E-state index contributed by atoms with van der Waals surface area (Å²) in [5.41, 5.74) is 3.12. The largest absolute Gasteiger partial charge is 0.326 e. The van der Waals surface area contributed by atoms with Crippen LogP contribution in [0.5, 0.6) is 0 Å². The molecule has 2 aromatic carbocycles. The number of hydrogen-bond acceptors (Lipinski definition) is 3. The molecule has 1 heterocycles. The molecule has 2 N–H and O–H groups in total. The topological polar surface area (TPSA) is 76.0 Å². The number of rotatable bonds is 5. The molecule has 3 rings (SSSR count). The number of nitrogens with one attached hydrogen (secondary N) is 2. The van der Waals surface area contributed by atoms with Crippen LogP contribution in [0.3, 0.4) is 0 Å². The van der Waals surface area contributed by atoms with Gasteiger partial charge in [-0.1, -0.05) is 25.1 Å². The van der Waals surface area contributed by atoms with E-state index in [2.05, 4.69) is 15.6 Å². The van der Waals surface area contributed by atoms with Gasteiger partial charge < -0.3 is 15.2 Å². The van der Waals surface area contributed by atoms with Crippen LogP contribution in [0.15, 0.2) is 48.5 Å². The van der Waals surface area contributed by atoms with Crippen molar-refractivity contribution in [2.75, 3.05) is 10.6 Å². The quantitative estimate of drug-likeness (QED) is 0.751. The summed E-state index contributed by atoms with van der Waals surface area (Å²) in [6.45, 7) is 3.66. The first kappa shape index (κ1) is 16.7. The molecule has 0 saturated heterocycles. The van der Waals surface area contributed by atoms with Gasteiger partial charge in [0.2, 0.25) is 11.8 Å². The van der Waals surface area contributed by atoms with Crippen molar-refractivity contribution >= 4 is 34.2 Å². The molecule has 3 aromatic rings. The van der Waals surface area contributed by atoms with Crippen LogP contribution in [0, 0.1) is 0 Å². The van der Waals surface area contributed by atoms with Gasteiger partial charge in [0, 0.05) is 24.7 Å². The van der Waals surface area contributed by atoms with Crippen LogP contribution in [0.25, 0.3) is 11.0 Å². The van der Waals surface area contributed by atoms with Gasteiger partial charge >= 0.3 is 0 Å². The fraction of sp³-hybridized carbons (Fsp3) is 0.211. The predicted molar refractivity (Wildman–Crippen MR) is 98.5 cm³/mol. The Labute approximate surface area is 145 Å². The second kappa shape index (κ2) is 7.17. The van der Waals surface area contributed by atoms with Crippen molar-refractivity contribution in [1.82, 2.24) is 9.55 Å². The number of carbonyl (C=O) groups is 2. The molecule has 0 aliphatic heterocycles. The maximum Gasteiger partial charge on any atom is 0.244 e. The van der Waals surface area contributed by atoms with E-state index in [1.165, 1.54) is 6.92 Å². The molecule has 0 saturated carbocycles. The van der Waals surface area contributed by atoms with E-state index in [-0.39, 0.29) is 18.4 Å². The van der Waals surface area contributed by atoms with E-state index < -0.39 is 0 Å². The Bertz CT molecular complexity index is 930. The Balaban J connectivity index is 1.78. The fourth-order valence-corrected chi connectivity index (χ4v) is 2.79. The Morgan fingerprint density at radius 2 is 1.76 bits per heavy atom. The van der Waals surface area contributed by atoms with Gasteiger partial charge in [0.15, 0.2) is 0 Å². The van der Waals surface area contributed by atoms with Crippen molar-refractivity contribution in [3.8, 4) is 0 Å². The number of hydrogen-bond donors (Lipinski definition) is 2. The molecule has 25 heavy (non-hydrogen) atoms. The predicted octanol–water partition coefficient (Wildman–Crippen LogP) is 3.20. The highest BCUT2D eigenvalue weighted by molar-refractivity contribution is 5.94. The van der Waals surface area contributed by atoms with Crippen LogP contribution >= 0.6 is 0 Å². The number of carbonyl (C=O) groups excluding carboxylic acids is 2. The molecule has 0 bridgehead atoms. The van der Waals surface area contributed by atoms with Crippen LogP contribution in [0.1, 0.15) is 19.7 Å². The minimum Gasteiger partial charge on any atom is -0.326 e. The van der Waals surface area contributed by atoms with Crippen molar-refractivity contribution in [2.24, 2.45) is 0 Å². The van der Waals surface area contributed by atoms with Crippen molar-refractivity contribution in [3.05, 3.63) is 54.4 Å². The second-order valence-corrected chi connectivity index (χ2v) is 5.77. The second-order valence-electron chi connectivity index (χ2n) is 5.77. The van der Waals surface area contributed by atoms with Crippen LogP contribution in [-0.2, 0) is 22.6 Å². The fourth-order valence-electron chi connectivity index (χ4n) is 2.79. The lowest BCUT2D eigenvalue weighted by Crippen LogP contribution is -2.20. The number of aryl methyl sites for hydroxylation is 1. The molecular weight excluding hydrogens is 316 g/mol. The molecule has 6 heteroatoms. The van der Waals surface area contributed by atoms with E-state index >= 15 is 0 Å². The van der Waals surface area contributed by atoms with Gasteiger partial charge in [-0.15, -0.1) is 0 Å². The minimum absolute atomic E-state index is 0.141. The van der Waals surface area contributed by atoms with E-state index in [0.717, 1.165) is 23.3 Å². The van der Waals surface area contributed by atoms with Crippen molar-refractivity contribution in [2.45, 2.75) is 26.8 Å². The number of aromatic nitrogens is 2. The average Bonchev–Trinajstić information content (AvgIpc) is 2.92. The van der Waals surface area contributed by atoms with E-state index in [9.17, 15) is 9.59 Å². The first-order chi connectivity index (χ1) is 12.1. The monoisotopic (exact) mass is 336 g/mol. The molecule has 0 aliphatic rings. The number of nitrogens with zero attached hydrogens (tertiary/aromatic N) is 2. The maximum absolute atomic E-state index is 12.5. The summed E-state index contributed by atoms with van der Waals surface area (Å²) < 4.78 is 1.93. The molecule has 6 nitrogen and oxygen atoms in total. The number of anilines is 2. The highest BCUT2D eigenvalue weighted by atomic mass is 16.2. The molecule has 2 amide bonds. The van der Waals surface area contributed by atoms with E-state index in [1.54, 1.807) is 24.3 Å². The van der Waals surface area contributed by atoms with Crippen molar-refractivity contribution in [3.63, 3.8) is 0 Å². The Kier molecular flexibility index (Phi) is 4.79. The Morgan fingerprint density at radius 3 is 2.48 bits per heavy atom. The highest BCUT2D eigenvalue weighted by Crippen LogP contribution is 2.18. The van der Waals surface area contributed by atoms with Gasteiger partial charge in [0.1, 0.15) is 12.4 Å². The lowest BCUT2D eigenvalue weighted by atomic mass is 10.2. The van der Waals surface area contributed by atoms with Crippen LogP contribution in [0.4, 0.5) is 11.4 Å². The lowest BCUT2D eigenvalue weighted by Gasteiger charge is -2.10. The third kappa shape index (κ3) is 3.85. The van der Waals surface area contributed by atoms with Crippen molar-refractivity contribution in [1.29, 1.82) is 0 Å². The third-order valence-corrected chi connectivity index (χ3v) is 3.82. The molecule has 0 spiro atoms. The maximum atomic E-state index is 12.5. The summed E-state index contributed by atoms with van der Waals surface area (Å²) >= 11 is 0. The van der Waals surface area contributed by atoms with Gasteiger partial charge in [-0.2, -0.15) is 0 Å². The highest BCUT2D eigenvalue weighted by Gasteiger charge is 2.12. The van der Waals surface area contributed by atoms with Crippen LogP contribution < -0.4 is 10.6 Å². The smallest absolute Gasteiger partial charge is 0.244 e. The Morgan fingerprint density at radius 1 is 1.04 bits per heavy atom. The number of imidazole rings is 1. The molecule has 0 radical (unpaired) electrons. The van der Waals surface area contributed by atoms with Crippen LogP contribution in [-0.4, -0.2) is 21.4 Å². The van der Waals surface area contributed by atoms with E-state index in [0.29, 0.717) is 11.4 Å². The molecule has 0 fully saturated rings. The van der Waals surface area contributed by atoms with Crippen LogP contribution in [0.2, 0.25) is 0 Å². The van der Waals surface area contributed by atoms with Gasteiger partial charge in [0.05, 0.1) is 11.0 Å². The van der Waals surface area contributed by atoms with E-state index in [4.69, 9.17) is 0 Å². The summed E-state index contributed by atoms with van der Waals surface area (Å²) in [5.74, 6) is 0.585. The molecule has 0 atom stereocenters. The summed E-state index contributed by atoms with van der Waals surface area (Å²) in [4.78, 5) is 28.2. The summed E-state index contributed by atoms with van der Waals surface area (Å²) in [6.07, 6.45) is 0.750. The molecule has 1 aromatic heterocycles. The average molecular weight is 336 g/mol. The number of para-hydroxylation sites is 2. The van der Waals surface area contributed by atoms with E-state index in [1.807, 2.05) is 35.8 Å². The van der Waals surface area contributed by atoms with Crippen molar-refractivity contribution < 1.29 is 9.59 Å². The zero-order valence-electron chi connectivity index (χ0n) is 14.2. The molecule has 0 aliphatic carbocycles. The number of benzene rings is 2. The Hall–Kier alpha value is -3.15. The summed E-state index contributed by atoms with van der Waals surface area (Å²) in [7, 11) is 0. The first-order valence-electron chi connectivity index (χ1n) is 8.18.